The van der Waals surface area contributed by atoms with Crippen LogP contribution in [0.5, 0.6) is 5.75 Å². The maximum Gasteiger partial charge on any atom is 0.266 e. The van der Waals surface area contributed by atoms with E-state index in [2.05, 4.69) is 4.98 Å². The number of aromatic hydroxyl groups is 1. The lowest BCUT2D eigenvalue weighted by Gasteiger charge is -2.11. The first kappa shape index (κ1) is 17.8. The van der Waals surface area contributed by atoms with Gasteiger partial charge in [-0.25, -0.2) is 8.42 Å². The highest BCUT2D eigenvalue weighted by Crippen LogP contribution is 2.39. The Morgan fingerprint density at radius 2 is 1.81 bits per heavy atom. The molecule has 27 heavy (non-hydrogen) atoms. The standard InChI is InChI=1S/C20H17NO4S2/c1-2-11-27(24,25)13-5-3-12(4-6-13)17-16(22)8-7-15-18(17)14-9-10-26-19(14)20(23)21-15/h3-10,22H,2,11H2,1H3,(H,21,23). The number of H-pyrrole nitrogens is 1. The number of hydrogen-bond donors (Lipinski definition) is 2. The molecule has 0 atom stereocenters. The summed E-state index contributed by atoms with van der Waals surface area (Å²) in [6.07, 6.45) is 0.553. The number of aromatic nitrogens is 1. The second kappa shape index (κ2) is 6.51. The van der Waals surface area contributed by atoms with Gasteiger partial charge in [0.25, 0.3) is 5.56 Å². The Labute approximate surface area is 159 Å². The molecule has 0 saturated carbocycles. The molecule has 0 bridgehead atoms. The number of thiophene rings is 1. The van der Waals surface area contributed by atoms with Crippen LogP contribution >= 0.6 is 11.3 Å². The summed E-state index contributed by atoms with van der Waals surface area (Å²) < 4.78 is 25.1. The van der Waals surface area contributed by atoms with Crippen molar-refractivity contribution in [3.05, 3.63) is 58.2 Å². The third-order valence-corrected chi connectivity index (χ3v) is 7.40. The lowest BCUT2D eigenvalue weighted by atomic mass is 9.97. The molecule has 0 radical (unpaired) electrons. The molecule has 0 unspecified atom stereocenters. The third-order valence-electron chi connectivity index (χ3n) is 4.55. The van der Waals surface area contributed by atoms with Gasteiger partial charge in [-0.05, 0) is 47.7 Å². The fourth-order valence-electron chi connectivity index (χ4n) is 3.34. The summed E-state index contributed by atoms with van der Waals surface area (Å²) in [5.74, 6) is 0.175. The summed E-state index contributed by atoms with van der Waals surface area (Å²) in [6.45, 7) is 1.83. The molecule has 0 aliphatic rings. The molecule has 0 spiro atoms. The molecule has 2 heterocycles. The van der Waals surface area contributed by atoms with Crippen LogP contribution in [0, 0.1) is 0 Å². The Bertz CT molecular complexity index is 1320. The lowest BCUT2D eigenvalue weighted by molar-refractivity contribution is 0.478. The zero-order valence-corrected chi connectivity index (χ0v) is 16.2. The zero-order valence-electron chi connectivity index (χ0n) is 14.5. The summed E-state index contributed by atoms with van der Waals surface area (Å²) in [4.78, 5) is 15.4. The Morgan fingerprint density at radius 3 is 2.52 bits per heavy atom. The smallest absolute Gasteiger partial charge is 0.266 e. The van der Waals surface area contributed by atoms with Gasteiger partial charge < -0.3 is 10.1 Å². The minimum atomic E-state index is -3.30. The second-order valence-electron chi connectivity index (χ2n) is 6.34. The molecule has 4 aromatic rings. The van der Waals surface area contributed by atoms with Crippen molar-refractivity contribution in [2.75, 3.05) is 5.75 Å². The van der Waals surface area contributed by atoms with Gasteiger partial charge in [-0.1, -0.05) is 19.1 Å². The van der Waals surface area contributed by atoms with Crippen molar-refractivity contribution < 1.29 is 13.5 Å². The number of aromatic amines is 1. The first-order valence-electron chi connectivity index (χ1n) is 8.50. The lowest BCUT2D eigenvalue weighted by Crippen LogP contribution is -2.06. The van der Waals surface area contributed by atoms with Crippen molar-refractivity contribution in [3.8, 4) is 16.9 Å². The molecule has 0 aliphatic heterocycles. The Kier molecular flexibility index (Phi) is 4.28. The van der Waals surface area contributed by atoms with Gasteiger partial charge in [-0.3, -0.25) is 4.79 Å². The van der Waals surface area contributed by atoms with Crippen molar-refractivity contribution in [2.45, 2.75) is 18.2 Å². The van der Waals surface area contributed by atoms with E-state index in [1.807, 2.05) is 18.4 Å². The molecule has 0 saturated heterocycles. The van der Waals surface area contributed by atoms with E-state index in [1.54, 1.807) is 30.3 Å². The Balaban J connectivity index is 1.98. The van der Waals surface area contributed by atoms with E-state index in [0.29, 0.717) is 27.8 Å². The van der Waals surface area contributed by atoms with Gasteiger partial charge in [0.2, 0.25) is 0 Å². The van der Waals surface area contributed by atoms with Crippen LogP contribution in [0.3, 0.4) is 0 Å². The Hall–Kier alpha value is -2.64. The minimum Gasteiger partial charge on any atom is -0.507 e. The van der Waals surface area contributed by atoms with Gasteiger partial charge in [-0.2, -0.15) is 0 Å². The average molecular weight is 399 g/mol. The van der Waals surface area contributed by atoms with Gasteiger partial charge in [0.15, 0.2) is 9.84 Å². The largest absolute Gasteiger partial charge is 0.507 e. The highest BCUT2D eigenvalue weighted by molar-refractivity contribution is 7.91. The number of phenolic OH excluding ortho intramolecular Hbond substituents is 1. The number of benzene rings is 2. The first-order chi connectivity index (χ1) is 12.9. The van der Waals surface area contributed by atoms with Crippen molar-refractivity contribution >= 4 is 42.2 Å². The summed E-state index contributed by atoms with van der Waals surface area (Å²) in [6, 6.07) is 11.6. The minimum absolute atomic E-state index is 0.0752. The summed E-state index contributed by atoms with van der Waals surface area (Å²) in [7, 11) is -3.30. The SMILES string of the molecule is CCCS(=O)(=O)c1ccc(-c2c(O)ccc3[nH]c(=O)c4sccc4c23)cc1. The van der Waals surface area contributed by atoms with Crippen LogP contribution in [-0.2, 0) is 9.84 Å². The summed E-state index contributed by atoms with van der Waals surface area (Å²) >= 11 is 1.35. The monoisotopic (exact) mass is 399 g/mol. The molecular formula is C20H17NO4S2. The molecule has 7 heteroatoms. The maximum atomic E-state index is 12.2. The molecule has 2 N–H and O–H groups in total. The van der Waals surface area contributed by atoms with Gasteiger partial charge in [0.05, 0.1) is 10.6 Å². The fraction of sp³-hybridized carbons (Fsp3) is 0.150. The third kappa shape index (κ3) is 2.93. The van der Waals surface area contributed by atoms with Crippen molar-refractivity contribution in [1.29, 1.82) is 0 Å². The van der Waals surface area contributed by atoms with E-state index < -0.39 is 9.84 Å². The van der Waals surface area contributed by atoms with Crippen molar-refractivity contribution in [2.24, 2.45) is 0 Å². The van der Waals surface area contributed by atoms with Crippen LogP contribution in [0.1, 0.15) is 13.3 Å². The number of fused-ring (bicyclic) bond motifs is 3. The molecule has 2 aromatic carbocycles. The summed E-state index contributed by atoms with van der Waals surface area (Å²) in [5.41, 5.74) is 1.73. The van der Waals surface area contributed by atoms with Gasteiger partial charge in [0.1, 0.15) is 10.4 Å². The number of nitrogens with one attached hydrogen (secondary N) is 1. The van der Waals surface area contributed by atoms with Crippen LogP contribution < -0.4 is 5.56 Å². The highest BCUT2D eigenvalue weighted by atomic mass is 32.2. The molecular weight excluding hydrogens is 382 g/mol. The van der Waals surface area contributed by atoms with Gasteiger partial charge >= 0.3 is 0 Å². The van der Waals surface area contributed by atoms with E-state index in [9.17, 15) is 18.3 Å². The van der Waals surface area contributed by atoms with Crippen LogP contribution in [0.4, 0.5) is 0 Å². The van der Waals surface area contributed by atoms with Gasteiger partial charge in [-0.15, -0.1) is 11.3 Å². The quantitative estimate of drug-likeness (QED) is 0.536. The second-order valence-corrected chi connectivity index (χ2v) is 9.37. The number of hydrogen-bond acceptors (Lipinski definition) is 5. The number of pyridine rings is 1. The fourth-order valence-corrected chi connectivity index (χ4v) is 5.46. The molecule has 0 aliphatic carbocycles. The number of phenols is 1. The number of rotatable bonds is 4. The van der Waals surface area contributed by atoms with E-state index in [4.69, 9.17) is 0 Å². The van der Waals surface area contributed by atoms with Crippen molar-refractivity contribution in [3.63, 3.8) is 0 Å². The molecule has 5 nitrogen and oxygen atoms in total. The maximum absolute atomic E-state index is 12.2. The number of sulfone groups is 1. The van der Waals surface area contributed by atoms with E-state index in [0.717, 1.165) is 10.8 Å². The van der Waals surface area contributed by atoms with Crippen molar-refractivity contribution in [1.82, 2.24) is 4.98 Å². The van der Waals surface area contributed by atoms with E-state index in [1.165, 1.54) is 17.4 Å². The normalized spacial score (nSPS) is 12.0. The van der Waals surface area contributed by atoms with Crippen LogP contribution in [0.2, 0.25) is 0 Å². The van der Waals surface area contributed by atoms with E-state index in [-0.39, 0.29) is 22.0 Å². The predicted octanol–water partition coefficient (Wildman–Crippen LogP) is 4.30. The average Bonchev–Trinajstić information content (AvgIpc) is 3.13. The van der Waals surface area contributed by atoms with Crippen LogP contribution in [0.25, 0.3) is 32.1 Å². The Morgan fingerprint density at radius 1 is 1.07 bits per heavy atom. The molecule has 2 aromatic heterocycles. The molecule has 0 amide bonds. The zero-order chi connectivity index (χ0) is 19.2. The van der Waals surface area contributed by atoms with Gasteiger partial charge in [0, 0.05) is 21.9 Å². The predicted molar refractivity (Wildman–Crippen MR) is 109 cm³/mol. The molecule has 138 valence electrons. The molecule has 0 fully saturated rings. The highest BCUT2D eigenvalue weighted by Gasteiger charge is 2.17. The first-order valence-corrected chi connectivity index (χ1v) is 11.0. The van der Waals surface area contributed by atoms with E-state index >= 15 is 0 Å². The summed E-state index contributed by atoms with van der Waals surface area (Å²) in [5, 5.41) is 13.9. The van der Waals surface area contributed by atoms with Crippen LogP contribution in [-0.4, -0.2) is 24.3 Å². The van der Waals surface area contributed by atoms with Crippen LogP contribution in [0.15, 0.2) is 57.5 Å². The topological polar surface area (TPSA) is 87.2 Å². The molecule has 4 rings (SSSR count).